The molecule has 1 aromatic carbocycles. The minimum absolute atomic E-state index is 0.0573. The van der Waals surface area contributed by atoms with Crippen LogP contribution in [0.15, 0.2) is 18.2 Å². The Kier molecular flexibility index (Phi) is 4.64. The quantitative estimate of drug-likeness (QED) is 0.838. The van der Waals surface area contributed by atoms with Gasteiger partial charge in [-0.2, -0.15) is 0 Å². The molecular weight excluding hydrogens is 352 g/mol. The zero-order valence-electron chi connectivity index (χ0n) is 17.0. The summed E-state index contributed by atoms with van der Waals surface area (Å²) in [5, 5.41) is 3.48. The Morgan fingerprint density at radius 3 is 2.39 bits per heavy atom. The van der Waals surface area contributed by atoms with Crippen molar-refractivity contribution < 1.29 is 14.3 Å². The molecule has 0 spiro atoms. The van der Waals surface area contributed by atoms with Gasteiger partial charge in [0.2, 0.25) is 0 Å². The van der Waals surface area contributed by atoms with Gasteiger partial charge in [-0.1, -0.05) is 0 Å². The molecule has 5 heteroatoms. The van der Waals surface area contributed by atoms with Crippen molar-refractivity contribution in [3.8, 4) is 11.5 Å². The molecule has 6 rings (SSSR count). The lowest BCUT2D eigenvalue weighted by Gasteiger charge is -2.54. The van der Waals surface area contributed by atoms with Crippen LogP contribution in [0, 0.1) is 23.7 Å². The van der Waals surface area contributed by atoms with E-state index >= 15 is 0 Å². The molecule has 1 unspecified atom stereocenters. The summed E-state index contributed by atoms with van der Waals surface area (Å²) in [5.74, 6) is 4.90. The van der Waals surface area contributed by atoms with Gasteiger partial charge in [-0.05, 0) is 86.8 Å². The molecule has 1 aliphatic heterocycles. The van der Waals surface area contributed by atoms with Crippen LogP contribution in [0.1, 0.15) is 56.6 Å². The van der Waals surface area contributed by atoms with E-state index in [1.54, 1.807) is 14.2 Å². The summed E-state index contributed by atoms with van der Waals surface area (Å²) in [6, 6.07) is 6.44. The minimum atomic E-state index is 0.0573. The first-order valence-corrected chi connectivity index (χ1v) is 10.9. The van der Waals surface area contributed by atoms with Crippen molar-refractivity contribution in [2.45, 2.75) is 57.0 Å². The lowest BCUT2D eigenvalue weighted by Crippen LogP contribution is -2.57. The molecule has 2 amide bonds. The Bertz CT molecular complexity index is 721. The number of carbonyl (C=O) groups is 1. The fourth-order valence-electron chi connectivity index (χ4n) is 6.82. The Morgan fingerprint density at radius 1 is 1.04 bits per heavy atom. The highest BCUT2D eigenvalue weighted by molar-refractivity contribution is 5.76. The molecule has 4 bridgehead atoms. The number of nitrogens with one attached hydrogen (secondary N) is 1. The highest BCUT2D eigenvalue weighted by Gasteiger charge is 2.49. The molecule has 0 aromatic heterocycles. The molecule has 5 nitrogen and oxygen atoms in total. The van der Waals surface area contributed by atoms with Crippen LogP contribution in [0.5, 0.6) is 11.5 Å². The minimum Gasteiger partial charge on any atom is -0.497 e. The van der Waals surface area contributed by atoms with Gasteiger partial charge >= 0.3 is 6.03 Å². The number of nitrogens with zero attached hydrogens (tertiary/aromatic N) is 1. The summed E-state index contributed by atoms with van der Waals surface area (Å²) < 4.78 is 11.0. The topological polar surface area (TPSA) is 50.8 Å². The van der Waals surface area contributed by atoms with Gasteiger partial charge in [-0.25, -0.2) is 4.79 Å². The summed E-state index contributed by atoms with van der Waals surface area (Å²) >= 11 is 0. The van der Waals surface area contributed by atoms with Gasteiger partial charge in [0.15, 0.2) is 0 Å². The molecule has 0 radical (unpaired) electrons. The number of methoxy groups -OCH3 is 2. The van der Waals surface area contributed by atoms with Gasteiger partial charge in [0.05, 0.1) is 20.3 Å². The summed E-state index contributed by atoms with van der Waals surface area (Å²) in [6.07, 6.45) is 8.74. The number of ether oxygens (including phenoxy) is 2. The highest BCUT2D eigenvalue weighted by Crippen LogP contribution is 2.53. The number of amides is 2. The first-order valence-electron chi connectivity index (χ1n) is 10.9. The van der Waals surface area contributed by atoms with Crippen molar-refractivity contribution in [1.29, 1.82) is 0 Å². The third-order valence-electron chi connectivity index (χ3n) is 7.83. The van der Waals surface area contributed by atoms with Gasteiger partial charge in [-0.15, -0.1) is 0 Å². The van der Waals surface area contributed by atoms with E-state index in [0.29, 0.717) is 17.9 Å². The predicted octanol–water partition coefficient (Wildman–Crippen LogP) is 4.38. The van der Waals surface area contributed by atoms with Gasteiger partial charge in [-0.3, -0.25) is 0 Å². The van der Waals surface area contributed by atoms with Crippen molar-refractivity contribution in [2.24, 2.45) is 23.7 Å². The molecule has 1 N–H and O–H groups in total. The third kappa shape index (κ3) is 3.03. The summed E-state index contributed by atoms with van der Waals surface area (Å²) in [7, 11) is 3.37. The van der Waals surface area contributed by atoms with Crippen LogP contribution < -0.4 is 14.8 Å². The van der Waals surface area contributed by atoms with Crippen LogP contribution in [-0.2, 0) is 0 Å². The largest absolute Gasteiger partial charge is 0.497 e. The molecule has 5 aliphatic rings. The summed E-state index contributed by atoms with van der Waals surface area (Å²) in [6.45, 7) is 0.810. The van der Waals surface area contributed by atoms with Crippen molar-refractivity contribution in [3.05, 3.63) is 23.8 Å². The number of hydrogen-bond acceptors (Lipinski definition) is 3. The van der Waals surface area contributed by atoms with E-state index in [1.165, 1.54) is 32.1 Å². The monoisotopic (exact) mass is 384 g/mol. The second-order valence-electron chi connectivity index (χ2n) is 9.37. The maximum Gasteiger partial charge on any atom is 0.318 e. The lowest BCUT2D eigenvalue weighted by atomic mass is 9.54. The zero-order valence-corrected chi connectivity index (χ0v) is 17.0. The molecule has 4 saturated carbocycles. The molecular formula is C23H32N2O3. The standard InChI is InChI=1S/C23H32N2O3/c1-27-18-5-6-21(28-2)19(13-18)20-4-3-7-25(20)23(26)24-22-16-9-14-8-15(11-16)12-17(22)10-14/h5-6,13-17,20,22H,3-4,7-12H2,1-2H3,(H,24,26). The van der Waals surface area contributed by atoms with Crippen LogP contribution >= 0.6 is 0 Å². The average Bonchev–Trinajstić information content (AvgIpc) is 3.19. The smallest absolute Gasteiger partial charge is 0.318 e. The Balaban J connectivity index is 1.34. The number of urea groups is 1. The summed E-state index contributed by atoms with van der Waals surface area (Å²) in [4.78, 5) is 15.3. The number of carbonyl (C=O) groups excluding carboxylic acids is 1. The van der Waals surface area contributed by atoms with Crippen LogP contribution in [0.25, 0.3) is 0 Å². The van der Waals surface area contributed by atoms with Gasteiger partial charge in [0.1, 0.15) is 11.5 Å². The second kappa shape index (κ2) is 7.16. The maximum atomic E-state index is 13.3. The molecule has 1 heterocycles. The van der Waals surface area contributed by atoms with E-state index in [9.17, 15) is 4.79 Å². The van der Waals surface area contributed by atoms with E-state index in [-0.39, 0.29) is 12.1 Å². The summed E-state index contributed by atoms with van der Waals surface area (Å²) in [5.41, 5.74) is 1.06. The third-order valence-corrected chi connectivity index (χ3v) is 7.83. The number of hydrogen-bond donors (Lipinski definition) is 1. The molecule has 28 heavy (non-hydrogen) atoms. The number of rotatable bonds is 4. The fourth-order valence-corrected chi connectivity index (χ4v) is 6.82. The average molecular weight is 385 g/mol. The van der Waals surface area contributed by atoms with Crippen molar-refractivity contribution in [1.82, 2.24) is 10.2 Å². The molecule has 4 aliphatic carbocycles. The first-order chi connectivity index (χ1) is 13.7. The fraction of sp³-hybridized carbons (Fsp3) is 0.696. The SMILES string of the molecule is COc1ccc(OC)c(C2CCCN2C(=O)NC2C3CC4CC(C3)CC2C4)c1. The Morgan fingerprint density at radius 2 is 1.75 bits per heavy atom. The molecule has 1 aromatic rings. The van der Waals surface area contributed by atoms with Crippen molar-refractivity contribution >= 4 is 6.03 Å². The highest BCUT2D eigenvalue weighted by atomic mass is 16.5. The Labute approximate surface area is 167 Å². The van der Waals surface area contributed by atoms with Gasteiger partial charge in [0, 0.05) is 18.2 Å². The van der Waals surface area contributed by atoms with E-state index in [1.807, 2.05) is 23.1 Å². The van der Waals surface area contributed by atoms with Gasteiger partial charge in [0.25, 0.3) is 0 Å². The van der Waals surface area contributed by atoms with Crippen LogP contribution in [-0.4, -0.2) is 37.7 Å². The zero-order chi connectivity index (χ0) is 19.3. The second-order valence-corrected chi connectivity index (χ2v) is 9.37. The predicted molar refractivity (Wildman–Crippen MR) is 108 cm³/mol. The van der Waals surface area contributed by atoms with E-state index in [4.69, 9.17) is 9.47 Å². The normalized spacial score (nSPS) is 35.9. The molecule has 5 fully saturated rings. The van der Waals surface area contributed by atoms with Gasteiger partial charge < -0.3 is 19.7 Å². The van der Waals surface area contributed by atoms with E-state index in [0.717, 1.165) is 48.3 Å². The number of benzene rings is 1. The maximum absolute atomic E-state index is 13.3. The van der Waals surface area contributed by atoms with Crippen LogP contribution in [0.2, 0.25) is 0 Å². The molecule has 1 saturated heterocycles. The van der Waals surface area contributed by atoms with Crippen molar-refractivity contribution in [3.63, 3.8) is 0 Å². The van der Waals surface area contributed by atoms with Crippen LogP contribution in [0.3, 0.4) is 0 Å². The van der Waals surface area contributed by atoms with Crippen LogP contribution in [0.4, 0.5) is 4.79 Å². The molecule has 1 atom stereocenters. The number of likely N-dealkylation sites (tertiary alicyclic amines) is 1. The van der Waals surface area contributed by atoms with E-state index < -0.39 is 0 Å². The lowest BCUT2D eigenvalue weighted by molar-refractivity contribution is -0.0112. The first kappa shape index (κ1) is 18.1. The molecule has 152 valence electrons. The Hall–Kier alpha value is -1.91. The van der Waals surface area contributed by atoms with Crippen molar-refractivity contribution in [2.75, 3.05) is 20.8 Å². The van der Waals surface area contributed by atoms with E-state index in [2.05, 4.69) is 5.32 Å².